The predicted octanol–water partition coefficient (Wildman–Crippen LogP) is 3.68. The van der Waals surface area contributed by atoms with Crippen LogP contribution in [0.5, 0.6) is 0 Å². The summed E-state index contributed by atoms with van der Waals surface area (Å²) in [4.78, 5) is 115. The van der Waals surface area contributed by atoms with Crippen molar-refractivity contribution in [3.8, 4) is 0 Å². The molecule has 0 aromatic rings. The van der Waals surface area contributed by atoms with Gasteiger partial charge in [-0.3, -0.25) is 53.4 Å². The Kier molecular flexibility index (Phi) is 86.7. The van der Waals surface area contributed by atoms with Crippen LogP contribution < -0.4 is 72.9 Å². The summed E-state index contributed by atoms with van der Waals surface area (Å²) in [6, 6.07) is -5.84. The molecule has 3 amide bonds. The van der Waals surface area contributed by atoms with Crippen LogP contribution in [0.1, 0.15) is 278 Å². The Morgan fingerprint density at radius 1 is 0.452 bits per heavy atom. The molecule has 0 unspecified atom stereocenters. The number of hydrogen-bond donors (Lipinski definition) is 24. The second kappa shape index (κ2) is 81.7. The van der Waals surface area contributed by atoms with Gasteiger partial charge in [0.15, 0.2) is 5.96 Å². The third-order valence-corrected chi connectivity index (χ3v) is 15.3. The maximum atomic E-state index is 11.9. The summed E-state index contributed by atoms with van der Waals surface area (Å²) in [6.07, 6.45) is 40.1. The number of aliphatic hydroxyl groups excluding tert-OH is 2. The van der Waals surface area contributed by atoms with Gasteiger partial charge in [0.2, 0.25) is 17.7 Å². The van der Waals surface area contributed by atoms with Crippen molar-refractivity contribution in [2.75, 3.05) is 39.3 Å². The monoisotopic (exact) mass is 1500 g/mol. The molecule has 0 saturated carbocycles. The molecule has 35 nitrogen and oxygen atoms in total. The number of carboxylic acid groups (broad SMARTS) is 8. The molecule has 614 valence electrons. The third-order valence-electron chi connectivity index (χ3n) is 15.3. The zero-order valence-corrected chi connectivity index (χ0v) is 62.8. The number of carbonyl (C=O) groups is 11. The summed E-state index contributed by atoms with van der Waals surface area (Å²) >= 11 is 0. The standard InChI is InChI=1S/C22H44N2O3.C18H35NO3.C6H14N4O2.C6H14N2O2.C5H10N2O3.C5H9NO2.C4H9NO3.C3H7NO3/c1-2-3-4-5-6-7-8-9-10-11-12-13-14-18-21(25)24-20(22(26)27)17-15-16-19-23;1-2-3-4-5-6-7-8-9-10-11-12-13-14-15-17(20)19-16-18(21)22;7-4(5(11)12)2-1-3-10-6(8)9;7-4-2-1-3-5(8)6(9)10;6-3(5(9)10)1-2-4(7)8;7-5(8)4-2-1-3-6-4;1-2(6)3(5)4(7)8;4-2(1-5)3(6)7/h20H,2-19,23H2,1H3,(H,24,25)(H,26,27);2-16H2,1H3,(H,19,20)(H,21,22);4H,1-3,7H2,(H,11,12)(H4,8,9,10);5H,1-4,7-8H2,(H,9,10);3H,1-2,6H2,(H2,7,8)(H,9,10);4,6H,1-3H2,(H,7,8);2-3,6H,5H2,1H3,(H,7,8);2,5H,1,4H2,(H,6,7)/t20-;;4-;5-;3-;4-;2-,3+;2-/m0.000010/s1. The average molecular weight is 1500 g/mol. The number of aliphatic hydroxyl groups is 2. The van der Waals surface area contributed by atoms with Crippen LogP contribution in [-0.2, 0) is 52.7 Å². The van der Waals surface area contributed by atoms with Gasteiger partial charge in [-0.05, 0) is 104 Å². The van der Waals surface area contributed by atoms with Crippen molar-refractivity contribution < 1.29 is 104 Å². The molecule has 0 aliphatic carbocycles. The van der Waals surface area contributed by atoms with Crippen LogP contribution in [0.3, 0.4) is 0 Å². The van der Waals surface area contributed by atoms with Crippen molar-refractivity contribution in [3.63, 3.8) is 0 Å². The van der Waals surface area contributed by atoms with E-state index in [2.05, 4.69) is 35.1 Å². The Balaban J connectivity index is -0.000000218. The highest BCUT2D eigenvalue weighted by atomic mass is 16.4. The van der Waals surface area contributed by atoms with Crippen LogP contribution in [0, 0.1) is 5.41 Å². The molecule has 0 radical (unpaired) electrons. The molecule has 1 rings (SSSR count). The topological polar surface area (TPSA) is 696 Å². The van der Waals surface area contributed by atoms with E-state index in [1.54, 1.807) is 0 Å². The van der Waals surface area contributed by atoms with Crippen molar-refractivity contribution in [2.45, 2.75) is 326 Å². The summed E-state index contributed by atoms with van der Waals surface area (Å²) < 4.78 is 0. The summed E-state index contributed by atoms with van der Waals surface area (Å²) in [7, 11) is 0. The molecule has 1 fully saturated rings. The van der Waals surface area contributed by atoms with Crippen molar-refractivity contribution in [1.82, 2.24) is 21.3 Å². The molecular weight excluding hydrogens is 1360 g/mol. The van der Waals surface area contributed by atoms with Crippen molar-refractivity contribution in [1.29, 1.82) is 5.41 Å². The fourth-order valence-electron chi connectivity index (χ4n) is 8.79. The number of aliphatic carboxylic acids is 8. The average Bonchev–Trinajstić information content (AvgIpc) is 1.61. The molecule has 0 aromatic carbocycles. The Bertz CT molecular complexity index is 2160. The van der Waals surface area contributed by atoms with Crippen molar-refractivity contribution >= 4 is 71.4 Å². The Labute approximate surface area is 616 Å². The number of unbranched alkanes of at least 4 members (excludes halogenated alkanes) is 26. The zero-order valence-electron chi connectivity index (χ0n) is 62.8. The number of nitrogens with two attached hydrogens (primary N) is 9. The highest BCUT2D eigenvalue weighted by molar-refractivity contribution is 5.83. The fourth-order valence-corrected chi connectivity index (χ4v) is 8.79. The largest absolute Gasteiger partial charge is 0.480 e. The van der Waals surface area contributed by atoms with Gasteiger partial charge in [-0.2, -0.15) is 0 Å². The first-order chi connectivity index (χ1) is 49.1. The molecule has 0 spiro atoms. The minimum absolute atomic E-state index is 0.0213. The Morgan fingerprint density at radius 2 is 0.817 bits per heavy atom. The van der Waals surface area contributed by atoms with Gasteiger partial charge in [0.1, 0.15) is 48.8 Å². The molecule has 104 heavy (non-hydrogen) atoms. The number of nitrogens with one attached hydrogen (secondary N) is 5. The molecule has 0 aromatic heterocycles. The minimum atomic E-state index is -1.18. The fraction of sp³-hybridized carbons (Fsp3) is 0.826. The van der Waals surface area contributed by atoms with Gasteiger partial charge in [-0.1, -0.05) is 174 Å². The van der Waals surface area contributed by atoms with Gasteiger partial charge in [0.25, 0.3) is 0 Å². The van der Waals surface area contributed by atoms with Gasteiger partial charge in [0.05, 0.1) is 12.7 Å². The Morgan fingerprint density at radius 3 is 1.09 bits per heavy atom. The molecule has 0 bridgehead atoms. The molecule has 1 aliphatic heterocycles. The van der Waals surface area contributed by atoms with E-state index in [0.29, 0.717) is 58.2 Å². The van der Waals surface area contributed by atoms with Gasteiger partial charge in [0, 0.05) is 25.8 Å². The van der Waals surface area contributed by atoms with Gasteiger partial charge < -0.3 is 124 Å². The van der Waals surface area contributed by atoms with Crippen LogP contribution in [0.25, 0.3) is 0 Å². The normalized spacial score (nSPS) is 13.6. The highest BCUT2D eigenvalue weighted by Gasteiger charge is 2.21. The molecular formula is C69H142N14O21. The summed E-state index contributed by atoms with van der Waals surface area (Å²) in [5.74, 6) is -9.00. The second-order valence-electron chi connectivity index (χ2n) is 25.2. The maximum Gasteiger partial charge on any atom is 0.326 e. The van der Waals surface area contributed by atoms with Crippen molar-refractivity contribution in [2.24, 2.45) is 51.6 Å². The highest BCUT2D eigenvalue weighted by Crippen LogP contribution is 2.15. The predicted molar refractivity (Wildman–Crippen MR) is 400 cm³/mol. The number of primary amides is 1. The van der Waals surface area contributed by atoms with Crippen LogP contribution >= 0.6 is 0 Å². The first-order valence-corrected chi connectivity index (χ1v) is 37.0. The van der Waals surface area contributed by atoms with E-state index in [9.17, 15) is 52.7 Å². The molecule has 1 heterocycles. The first kappa shape index (κ1) is 110. The lowest BCUT2D eigenvalue weighted by Crippen LogP contribution is -2.40. The Hall–Kier alpha value is -6.96. The third kappa shape index (κ3) is 93.1. The summed E-state index contributed by atoms with van der Waals surface area (Å²) in [5, 5.41) is 101. The van der Waals surface area contributed by atoms with E-state index in [1.165, 1.54) is 148 Å². The van der Waals surface area contributed by atoms with Gasteiger partial charge in [-0.25, -0.2) is 4.79 Å². The van der Waals surface area contributed by atoms with Crippen LogP contribution in [0.4, 0.5) is 0 Å². The van der Waals surface area contributed by atoms with Crippen LogP contribution in [0.15, 0.2) is 0 Å². The molecule has 1 saturated heterocycles. The summed E-state index contributed by atoms with van der Waals surface area (Å²) in [5.41, 5.74) is 45.5. The number of carboxylic acids is 8. The van der Waals surface area contributed by atoms with Gasteiger partial charge >= 0.3 is 47.8 Å². The molecule has 8 atom stereocenters. The number of carbonyl (C=O) groups excluding carboxylic acids is 3. The molecule has 1 aliphatic rings. The first-order valence-electron chi connectivity index (χ1n) is 37.0. The maximum absolute atomic E-state index is 11.9. The molecule has 35 heteroatoms. The summed E-state index contributed by atoms with van der Waals surface area (Å²) in [6.45, 7) is 7.57. The lowest BCUT2D eigenvalue weighted by atomic mass is 10.0. The zero-order chi connectivity index (χ0) is 80.9. The number of amides is 3. The van der Waals surface area contributed by atoms with Crippen LogP contribution in [-0.4, -0.2) is 210 Å². The van der Waals surface area contributed by atoms with Crippen molar-refractivity contribution in [3.05, 3.63) is 0 Å². The smallest absolute Gasteiger partial charge is 0.326 e. The second-order valence-corrected chi connectivity index (χ2v) is 25.2. The number of hydrogen-bond acceptors (Lipinski definition) is 22. The van der Waals surface area contributed by atoms with E-state index in [0.717, 1.165) is 70.8 Å². The molecule has 33 N–H and O–H groups in total. The lowest BCUT2D eigenvalue weighted by Gasteiger charge is -2.14. The van der Waals surface area contributed by atoms with Gasteiger partial charge in [-0.15, -0.1) is 0 Å². The van der Waals surface area contributed by atoms with E-state index < -0.39 is 103 Å². The van der Waals surface area contributed by atoms with E-state index in [1.807, 2.05) is 0 Å². The SMILES string of the molecule is CCCCCCCCCCCCCCCC(=O)NCC(=O)O.CCCCCCCCCCCCCCCC(=O)N[C@@H](CCCCN)C(=O)O.C[C@@H](O)[C@H](N)C(=O)O.N=C(N)NCCC[C@H](N)C(=O)O.NC(=O)CC[C@H](N)C(=O)O.NCCCC[C@H](N)C(=O)O.N[C@@H](CO)C(=O)O.O=C(O)[C@@H]1CCCN1. The van der Waals surface area contributed by atoms with Crippen LogP contribution in [0.2, 0.25) is 0 Å². The lowest BCUT2D eigenvalue weighted by molar-refractivity contribution is -0.142. The van der Waals surface area contributed by atoms with E-state index in [-0.39, 0.29) is 43.2 Å². The number of rotatable bonds is 55. The van der Waals surface area contributed by atoms with E-state index >= 15 is 0 Å². The minimum Gasteiger partial charge on any atom is -0.480 e. The van der Waals surface area contributed by atoms with E-state index in [4.69, 9.17) is 108 Å². The number of guanidine groups is 1. The quantitative estimate of drug-likeness (QED) is 0.0235.